The molecule has 0 aliphatic carbocycles. The number of hydrogen-bond acceptors (Lipinski definition) is 3. The lowest BCUT2D eigenvalue weighted by Gasteiger charge is -2.06. The molecular weight excluding hydrogens is 180 g/mol. The van der Waals surface area contributed by atoms with E-state index < -0.39 is 0 Å². The molecule has 13 heavy (non-hydrogen) atoms. The summed E-state index contributed by atoms with van der Waals surface area (Å²) in [5, 5.41) is 4.47. The Morgan fingerprint density at radius 3 is 2.92 bits per heavy atom. The first kappa shape index (κ1) is 10.5. The number of thioether (sulfide) groups is 1. The van der Waals surface area contributed by atoms with Gasteiger partial charge in [-0.05, 0) is 12.1 Å². The van der Waals surface area contributed by atoms with Gasteiger partial charge in [0.25, 0.3) is 0 Å². The van der Waals surface area contributed by atoms with Crippen LogP contribution in [0.1, 0.15) is 13.8 Å². The fourth-order valence-corrected chi connectivity index (χ4v) is 1.67. The van der Waals surface area contributed by atoms with Crippen molar-refractivity contribution in [3.63, 3.8) is 0 Å². The SMILES string of the molecule is CC(C)NCCSc1ccccn1. The van der Waals surface area contributed by atoms with Gasteiger partial charge in [0.1, 0.15) is 0 Å². The topological polar surface area (TPSA) is 24.9 Å². The summed E-state index contributed by atoms with van der Waals surface area (Å²) < 4.78 is 0. The highest BCUT2D eigenvalue weighted by atomic mass is 32.2. The number of rotatable bonds is 5. The largest absolute Gasteiger partial charge is 0.314 e. The number of nitrogens with zero attached hydrogens (tertiary/aromatic N) is 1. The van der Waals surface area contributed by atoms with Gasteiger partial charge in [0, 0.05) is 24.5 Å². The maximum atomic E-state index is 4.23. The molecule has 0 unspecified atom stereocenters. The van der Waals surface area contributed by atoms with Crippen LogP contribution >= 0.6 is 11.8 Å². The second kappa shape index (κ2) is 6.00. The molecule has 1 heterocycles. The van der Waals surface area contributed by atoms with Gasteiger partial charge in [-0.15, -0.1) is 11.8 Å². The van der Waals surface area contributed by atoms with Crippen LogP contribution in [0.3, 0.4) is 0 Å². The number of nitrogens with one attached hydrogen (secondary N) is 1. The van der Waals surface area contributed by atoms with Gasteiger partial charge >= 0.3 is 0 Å². The van der Waals surface area contributed by atoms with Gasteiger partial charge in [-0.3, -0.25) is 0 Å². The van der Waals surface area contributed by atoms with Crippen LogP contribution in [0.5, 0.6) is 0 Å². The highest BCUT2D eigenvalue weighted by Gasteiger charge is 1.94. The van der Waals surface area contributed by atoms with Crippen LogP contribution in [0.25, 0.3) is 0 Å². The maximum Gasteiger partial charge on any atom is 0.0960 e. The van der Waals surface area contributed by atoms with E-state index in [1.165, 1.54) is 0 Å². The van der Waals surface area contributed by atoms with E-state index in [0.717, 1.165) is 17.3 Å². The summed E-state index contributed by atoms with van der Waals surface area (Å²) in [5.41, 5.74) is 0. The van der Waals surface area contributed by atoms with Crippen molar-refractivity contribution >= 4 is 11.8 Å². The number of hydrogen-bond donors (Lipinski definition) is 1. The van der Waals surface area contributed by atoms with Gasteiger partial charge in [-0.1, -0.05) is 19.9 Å². The summed E-state index contributed by atoms with van der Waals surface area (Å²) in [4.78, 5) is 4.23. The number of pyridine rings is 1. The van der Waals surface area contributed by atoms with E-state index in [2.05, 4.69) is 24.1 Å². The van der Waals surface area contributed by atoms with Crippen molar-refractivity contribution in [1.29, 1.82) is 0 Å². The summed E-state index contributed by atoms with van der Waals surface area (Å²) in [6.45, 7) is 5.36. The van der Waals surface area contributed by atoms with Gasteiger partial charge in [-0.2, -0.15) is 0 Å². The fraction of sp³-hybridized carbons (Fsp3) is 0.500. The zero-order valence-electron chi connectivity index (χ0n) is 8.16. The standard InChI is InChI=1S/C10H16N2S/c1-9(2)11-7-8-13-10-5-3-4-6-12-10/h3-6,9,11H,7-8H2,1-2H3. The molecule has 2 nitrogen and oxygen atoms in total. The zero-order valence-corrected chi connectivity index (χ0v) is 8.97. The van der Waals surface area contributed by atoms with Crippen molar-refractivity contribution < 1.29 is 0 Å². The lowest BCUT2D eigenvalue weighted by molar-refractivity contribution is 0.616. The molecule has 0 bridgehead atoms. The molecule has 0 saturated carbocycles. The van der Waals surface area contributed by atoms with Crippen LogP contribution in [0.2, 0.25) is 0 Å². The first-order valence-electron chi connectivity index (χ1n) is 4.56. The highest BCUT2D eigenvalue weighted by molar-refractivity contribution is 7.99. The lowest BCUT2D eigenvalue weighted by atomic mass is 10.4. The van der Waals surface area contributed by atoms with Crippen LogP contribution in [-0.4, -0.2) is 23.3 Å². The van der Waals surface area contributed by atoms with E-state index >= 15 is 0 Å². The Morgan fingerprint density at radius 1 is 1.46 bits per heavy atom. The van der Waals surface area contributed by atoms with Crippen molar-refractivity contribution in [3.8, 4) is 0 Å². The monoisotopic (exact) mass is 196 g/mol. The molecule has 1 aromatic rings. The van der Waals surface area contributed by atoms with Gasteiger partial charge in [0.05, 0.1) is 5.03 Å². The molecule has 0 spiro atoms. The molecule has 0 aliphatic heterocycles. The second-order valence-electron chi connectivity index (χ2n) is 3.13. The van der Waals surface area contributed by atoms with Crippen LogP contribution < -0.4 is 5.32 Å². The molecular formula is C10H16N2S. The molecule has 72 valence electrons. The molecule has 1 N–H and O–H groups in total. The van der Waals surface area contributed by atoms with Gasteiger partial charge in [0.2, 0.25) is 0 Å². The van der Waals surface area contributed by atoms with E-state index in [1.54, 1.807) is 11.8 Å². The van der Waals surface area contributed by atoms with Crippen molar-refractivity contribution in [2.45, 2.75) is 24.9 Å². The third kappa shape index (κ3) is 4.90. The lowest BCUT2D eigenvalue weighted by Crippen LogP contribution is -2.24. The maximum absolute atomic E-state index is 4.23. The second-order valence-corrected chi connectivity index (χ2v) is 4.24. The van der Waals surface area contributed by atoms with Crippen LogP contribution in [0, 0.1) is 0 Å². The minimum atomic E-state index is 0.573. The Bertz CT molecular complexity index is 224. The summed E-state index contributed by atoms with van der Waals surface area (Å²) in [6.07, 6.45) is 1.83. The average Bonchev–Trinajstić information content (AvgIpc) is 2.14. The van der Waals surface area contributed by atoms with Crippen molar-refractivity contribution in [2.75, 3.05) is 12.3 Å². The van der Waals surface area contributed by atoms with E-state index in [-0.39, 0.29) is 0 Å². The molecule has 1 rings (SSSR count). The smallest absolute Gasteiger partial charge is 0.0960 e. The van der Waals surface area contributed by atoms with Crippen LogP contribution in [0.15, 0.2) is 29.4 Å². The summed E-state index contributed by atoms with van der Waals surface area (Å²) in [5.74, 6) is 1.08. The molecule has 0 radical (unpaired) electrons. The van der Waals surface area contributed by atoms with Crippen molar-refractivity contribution in [2.24, 2.45) is 0 Å². The van der Waals surface area contributed by atoms with Gasteiger partial charge < -0.3 is 5.32 Å². The molecule has 0 aromatic carbocycles. The molecule has 0 saturated heterocycles. The van der Waals surface area contributed by atoms with Gasteiger partial charge in [0.15, 0.2) is 0 Å². The Morgan fingerprint density at radius 2 is 2.31 bits per heavy atom. The summed E-state index contributed by atoms with van der Waals surface area (Å²) >= 11 is 1.79. The molecule has 0 atom stereocenters. The molecule has 1 aromatic heterocycles. The van der Waals surface area contributed by atoms with Gasteiger partial charge in [-0.25, -0.2) is 4.98 Å². The summed E-state index contributed by atoms with van der Waals surface area (Å²) in [6, 6.07) is 6.58. The molecule has 0 aliphatic rings. The predicted molar refractivity (Wildman–Crippen MR) is 58.1 cm³/mol. The molecule has 3 heteroatoms. The average molecular weight is 196 g/mol. The minimum Gasteiger partial charge on any atom is -0.314 e. The van der Waals surface area contributed by atoms with Crippen molar-refractivity contribution in [1.82, 2.24) is 10.3 Å². The Balaban J connectivity index is 2.13. The highest BCUT2D eigenvalue weighted by Crippen LogP contribution is 2.12. The number of aromatic nitrogens is 1. The predicted octanol–water partition coefficient (Wildman–Crippen LogP) is 2.17. The quantitative estimate of drug-likeness (QED) is 0.577. The molecule has 0 amide bonds. The Labute approximate surface area is 84.1 Å². The minimum absolute atomic E-state index is 0.573. The van der Waals surface area contributed by atoms with E-state index in [0.29, 0.717) is 6.04 Å². The third-order valence-electron chi connectivity index (χ3n) is 1.54. The third-order valence-corrected chi connectivity index (χ3v) is 2.49. The van der Waals surface area contributed by atoms with Crippen LogP contribution in [0.4, 0.5) is 0 Å². The Hall–Kier alpha value is -0.540. The van der Waals surface area contributed by atoms with Crippen LogP contribution in [-0.2, 0) is 0 Å². The fourth-order valence-electron chi connectivity index (χ4n) is 0.936. The van der Waals surface area contributed by atoms with E-state index in [1.807, 2.05) is 24.4 Å². The summed E-state index contributed by atoms with van der Waals surface area (Å²) in [7, 11) is 0. The molecule has 0 fully saturated rings. The first-order chi connectivity index (χ1) is 6.29. The first-order valence-corrected chi connectivity index (χ1v) is 5.55. The normalized spacial score (nSPS) is 10.7. The van der Waals surface area contributed by atoms with Crippen molar-refractivity contribution in [3.05, 3.63) is 24.4 Å². The zero-order chi connectivity index (χ0) is 9.52. The van der Waals surface area contributed by atoms with E-state index in [4.69, 9.17) is 0 Å². The Kier molecular flexibility index (Phi) is 4.86. The van der Waals surface area contributed by atoms with E-state index in [9.17, 15) is 0 Å².